The van der Waals surface area contributed by atoms with Crippen molar-refractivity contribution in [3.63, 3.8) is 0 Å². The second-order valence-corrected chi connectivity index (χ2v) is 3.60. The first kappa shape index (κ1) is 11.5. The van der Waals surface area contributed by atoms with E-state index in [9.17, 15) is 17.6 Å². The summed E-state index contributed by atoms with van der Waals surface area (Å²) in [5, 5.41) is 0. The normalized spacial score (nSPS) is 14.1. The van der Waals surface area contributed by atoms with Crippen molar-refractivity contribution in [1.29, 1.82) is 0 Å². The Morgan fingerprint density at radius 3 is 2.29 bits per heavy atom. The van der Waals surface area contributed by atoms with E-state index in [-0.39, 0.29) is 0 Å². The molecule has 0 amide bonds. The molecule has 0 spiro atoms. The molecule has 0 bridgehead atoms. The largest absolute Gasteiger partial charge is 0.407 e. The summed E-state index contributed by atoms with van der Waals surface area (Å²) in [6.07, 6.45) is -4.63. The van der Waals surface area contributed by atoms with Crippen molar-refractivity contribution in [2.24, 2.45) is 5.73 Å². The molecule has 1 atom stereocenters. The Hall–Kier alpha value is -0.620. The zero-order valence-electron chi connectivity index (χ0n) is 6.78. The Morgan fingerprint density at radius 2 is 1.86 bits per heavy atom. The summed E-state index contributed by atoms with van der Waals surface area (Å²) in [6.45, 7) is 0. The molecule has 78 valence electrons. The zero-order valence-corrected chi connectivity index (χ0v) is 8.36. The minimum absolute atomic E-state index is 0.369. The maximum atomic E-state index is 13.0. The molecular weight excluding hydrogens is 266 g/mol. The lowest BCUT2D eigenvalue weighted by Gasteiger charge is -2.16. The molecule has 14 heavy (non-hydrogen) atoms. The molecule has 0 radical (unpaired) electrons. The van der Waals surface area contributed by atoms with E-state index in [2.05, 4.69) is 15.9 Å². The van der Waals surface area contributed by atoms with Gasteiger partial charge in [0.25, 0.3) is 0 Å². The van der Waals surface area contributed by atoms with Crippen LogP contribution < -0.4 is 5.73 Å². The fraction of sp³-hybridized carbons (Fsp3) is 0.250. The lowest BCUT2D eigenvalue weighted by Crippen LogP contribution is -2.29. The lowest BCUT2D eigenvalue weighted by atomic mass is 10.1. The van der Waals surface area contributed by atoms with Crippen LogP contribution in [0.3, 0.4) is 0 Å². The molecule has 0 aliphatic rings. The highest BCUT2D eigenvalue weighted by atomic mass is 79.9. The van der Waals surface area contributed by atoms with Crippen LogP contribution in [-0.4, -0.2) is 6.18 Å². The highest BCUT2D eigenvalue weighted by Crippen LogP contribution is 2.32. The molecule has 1 aromatic rings. The Morgan fingerprint density at radius 1 is 1.29 bits per heavy atom. The number of alkyl halides is 3. The topological polar surface area (TPSA) is 26.0 Å². The van der Waals surface area contributed by atoms with Gasteiger partial charge in [-0.05, 0) is 12.1 Å². The van der Waals surface area contributed by atoms with Gasteiger partial charge < -0.3 is 5.73 Å². The molecule has 0 unspecified atom stereocenters. The molecule has 1 nitrogen and oxygen atoms in total. The van der Waals surface area contributed by atoms with Crippen molar-refractivity contribution >= 4 is 15.9 Å². The van der Waals surface area contributed by atoms with Gasteiger partial charge in [0.2, 0.25) is 0 Å². The summed E-state index contributed by atoms with van der Waals surface area (Å²) in [5.74, 6) is -0.968. The number of nitrogens with two attached hydrogens (primary N) is 1. The molecule has 1 aromatic carbocycles. The standard InChI is InChI=1S/C8H6BrF4N/c9-4-1-2-5(6(10)3-4)7(14)8(11,12)13/h1-3,7H,14H2/t7-/m0/s1. The summed E-state index contributed by atoms with van der Waals surface area (Å²) >= 11 is 2.93. The Kier molecular flexibility index (Phi) is 3.16. The van der Waals surface area contributed by atoms with E-state index >= 15 is 0 Å². The van der Waals surface area contributed by atoms with Crippen molar-refractivity contribution in [2.45, 2.75) is 12.2 Å². The van der Waals surface area contributed by atoms with E-state index < -0.39 is 23.6 Å². The summed E-state index contributed by atoms with van der Waals surface area (Å²) in [4.78, 5) is 0. The van der Waals surface area contributed by atoms with Crippen LogP contribution in [0.25, 0.3) is 0 Å². The van der Waals surface area contributed by atoms with Crippen molar-refractivity contribution in [1.82, 2.24) is 0 Å². The maximum absolute atomic E-state index is 13.0. The Bertz CT molecular complexity index is 337. The summed E-state index contributed by atoms with van der Waals surface area (Å²) in [5.41, 5.74) is 4.29. The van der Waals surface area contributed by atoms with Crippen molar-refractivity contribution < 1.29 is 17.6 Å². The van der Waals surface area contributed by atoms with Crippen LogP contribution in [0.5, 0.6) is 0 Å². The molecule has 0 fully saturated rings. The predicted octanol–water partition coefficient (Wildman–Crippen LogP) is 3.15. The van der Waals surface area contributed by atoms with Crippen LogP contribution in [-0.2, 0) is 0 Å². The van der Waals surface area contributed by atoms with Crippen LogP contribution in [0.2, 0.25) is 0 Å². The molecular formula is C8H6BrF4N. The monoisotopic (exact) mass is 271 g/mol. The van der Waals surface area contributed by atoms with Crippen LogP contribution in [0.15, 0.2) is 22.7 Å². The van der Waals surface area contributed by atoms with Crippen LogP contribution in [0.4, 0.5) is 17.6 Å². The fourth-order valence-corrected chi connectivity index (χ4v) is 1.26. The first-order valence-electron chi connectivity index (χ1n) is 3.59. The van der Waals surface area contributed by atoms with Gasteiger partial charge >= 0.3 is 6.18 Å². The van der Waals surface area contributed by atoms with Crippen molar-refractivity contribution in [3.8, 4) is 0 Å². The molecule has 0 heterocycles. The van der Waals surface area contributed by atoms with Gasteiger partial charge in [-0.1, -0.05) is 22.0 Å². The van der Waals surface area contributed by atoms with E-state index in [0.717, 1.165) is 12.1 Å². The van der Waals surface area contributed by atoms with Gasteiger partial charge in [-0.2, -0.15) is 13.2 Å². The van der Waals surface area contributed by atoms with Crippen molar-refractivity contribution in [2.75, 3.05) is 0 Å². The SMILES string of the molecule is N[C@@H](c1ccc(Br)cc1F)C(F)(F)F. The van der Waals surface area contributed by atoms with E-state index in [1.165, 1.54) is 6.07 Å². The highest BCUT2D eigenvalue weighted by Gasteiger charge is 2.39. The summed E-state index contributed by atoms with van der Waals surface area (Å²) in [6, 6.07) is 0.985. The molecule has 2 N–H and O–H groups in total. The molecule has 0 saturated carbocycles. The van der Waals surface area contributed by atoms with E-state index in [1.807, 2.05) is 0 Å². The third kappa shape index (κ3) is 2.45. The van der Waals surface area contributed by atoms with Gasteiger partial charge in [-0.3, -0.25) is 0 Å². The molecule has 6 heteroatoms. The second kappa shape index (κ2) is 3.86. The Labute approximate surface area is 86.0 Å². The molecule has 0 saturated heterocycles. The number of hydrogen-bond acceptors (Lipinski definition) is 1. The number of benzene rings is 1. The van der Waals surface area contributed by atoms with Gasteiger partial charge in [0.05, 0.1) is 0 Å². The van der Waals surface area contributed by atoms with E-state index in [4.69, 9.17) is 5.73 Å². The van der Waals surface area contributed by atoms with Gasteiger partial charge in [-0.15, -0.1) is 0 Å². The quantitative estimate of drug-likeness (QED) is 0.781. The van der Waals surface area contributed by atoms with Crippen LogP contribution >= 0.6 is 15.9 Å². The Balaban J connectivity index is 3.08. The molecule has 1 rings (SSSR count). The summed E-state index contributed by atoms with van der Waals surface area (Å²) in [7, 11) is 0. The maximum Gasteiger partial charge on any atom is 0.407 e. The van der Waals surface area contributed by atoms with Gasteiger partial charge in [0.15, 0.2) is 0 Å². The zero-order chi connectivity index (χ0) is 10.9. The molecule has 0 aliphatic carbocycles. The minimum atomic E-state index is -4.63. The number of halogens is 5. The summed E-state index contributed by atoms with van der Waals surface area (Å²) < 4.78 is 49.7. The van der Waals surface area contributed by atoms with Crippen LogP contribution in [0, 0.1) is 5.82 Å². The highest BCUT2D eigenvalue weighted by molar-refractivity contribution is 9.10. The van der Waals surface area contributed by atoms with Crippen molar-refractivity contribution in [3.05, 3.63) is 34.1 Å². The third-order valence-electron chi connectivity index (χ3n) is 1.65. The predicted molar refractivity (Wildman–Crippen MR) is 47.1 cm³/mol. The number of hydrogen-bond donors (Lipinski definition) is 1. The van der Waals surface area contributed by atoms with Gasteiger partial charge in [0, 0.05) is 10.0 Å². The van der Waals surface area contributed by atoms with E-state index in [0.29, 0.717) is 4.47 Å². The molecule has 0 aromatic heterocycles. The smallest absolute Gasteiger partial charge is 0.316 e. The molecule has 0 aliphatic heterocycles. The van der Waals surface area contributed by atoms with Gasteiger partial charge in [-0.25, -0.2) is 4.39 Å². The first-order chi connectivity index (χ1) is 6.32. The average molecular weight is 272 g/mol. The minimum Gasteiger partial charge on any atom is -0.316 e. The fourth-order valence-electron chi connectivity index (χ4n) is 0.930. The third-order valence-corrected chi connectivity index (χ3v) is 2.14. The van der Waals surface area contributed by atoms with Gasteiger partial charge in [0.1, 0.15) is 11.9 Å². The van der Waals surface area contributed by atoms with E-state index in [1.54, 1.807) is 0 Å². The average Bonchev–Trinajstić information content (AvgIpc) is 2.01. The first-order valence-corrected chi connectivity index (χ1v) is 4.39. The number of rotatable bonds is 1. The van der Waals surface area contributed by atoms with Crippen LogP contribution in [0.1, 0.15) is 11.6 Å². The lowest BCUT2D eigenvalue weighted by molar-refractivity contribution is -0.149. The second-order valence-electron chi connectivity index (χ2n) is 2.69.